The fourth-order valence-corrected chi connectivity index (χ4v) is 4.34. The highest BCUT2D eigenvalue weighted by molar-refractivity contribution is 5.21. The largest absolute Gasteiger partial charge is 0.381 e. The fraction of sp³-hybridized carbons (Fsp3) is 0.875. The number of hydrogen-bond acceptors (Lipinski definition) is 5. The van der Waals surface area contributed by atoms with Crippen molar-refractivity contribution >= 4 is 0 Å². The van der Waals surface area contributed by atoms with E-state index < -0.39 is 0 Å². The van der Waals surface area contributed by atoms with Crippen molar-refractivity contribution in [2.24, 2.45) is 17.3 Å². The molecule has 30 heavy (non-hydrogen) atoms. The topological polar surface area (TPSA) is 62.4 Å². The number of aromatic nitrogens is 2. The van der Waals surface area contributed by atoms with Crippen molar-refractivity contribution in [3.05, 3.63) is 17.5 Å². The predicted octanol–water partition coefficient (Wildman–Crippen LogP) is 4.05. The SMILES string of the molecule is CNCCN(C)Cc1cn[nH]c1C1CCC(COCC(C)C)(COCC(C)C)CC1. The number of ether oxygens (including phenoxy) is 2. The Bertz CT molecular complexity index is 564. The fourth-order valence-electron chi connectivity index (χ4n) is 4.34. The predicted molar refractivity (Wildman–Crippen MR) is 124 cm³/mol. The lowest BCUT2D eigenvalue weighted by Gasteiger charge is -2.40. The molecule has 1 aliphatic rings. The van der Waals surface area contributed by atoms with E-state index in [1.807, 2.05) is 13.2 Å². The average molecular weight is 423 g/mol. The Kier molecular flexibility index (Phi) is 10.8. The van der Waals surface area contributed by atoms with E-state index in [4.69, 9.17) is 9.47 Å². The molecule has 1 aromatic rings. The maximum atomic E-state index is 6.12. The highest BCUT2D eigenvalue weighted by atomic mass is 16.5. The molecule has 174 valence electrons. The zero-order valence-electron chi connectivity index (χ0n) is 20.3. The summed E-state index contributed by atoms with van der Waals surface area (Å²) in [4.78, 5) is 2.36. The molecule has 0 aromatic carbocycles. The van der Waals surface area contributed by atoms with Crippen LogP contribution in [0.5, 0.6) is 0 Å². The molecule has 1 saturated carbocycles. The van der Waals surface area contributed by atoms with Gasteiger partial charge in [-0.15, -0.1) is 0 Å². The molecule has 6 heteroatoms. The third-order valence-corrected chi connectivity index (χ3v) is 6.11. The van der Waals surface area contributed by atoms with Crippen molar-refractivity contribution < 1.29 is 9.47 Å². The lowest BCUT2D eigenvalue weighted by molar-refractivity contribution is -0.0542. The first-order valence-corrected chi connectivity index (χ1v) is 11.9. The summed E-state index contributed by atoms with van der Waals surface area (Å²) >= 11 is 0. The number of nitrogens with one attached hydrogen (secondary N) is 2. The molecule has 6 nitrogen and oxygen atoms in total. The molecule has 0 aliphatic heterocycles. The highest BCUT2D eigenvalue weighted by Gasteiger charge is 2.37. The zero-order valence-corrected chi connectivity index (χ0v) is 20.3. The van der Waals surface area contributed by atoms with E-state index in [-0.39, 0.29) is 5.41 Å². The average Bonchev–Trinajstić information content (AvgIpc) is 3.14. The first kappa shape index (κ1) is 25.3. The second-order valence-electron chi connectivity index (χ2n) is 10.2. The molecule has 2 N–H and O–H groups in total. The highest BCUT2D eigenvalue weighted by Crippen LogP contribution is 2.44. The van der Waals surface area contributed by atoms with Crippen LogP contribution in [0.2, 0.25) is 0 Å². The van der Waals surface area contributed by atoms with E-state index in [1.165, 1.54) is 24.1 Å². The minimum Gasteiger partial charge on any atom is -0.381 e. The molecular formula is C24H46N4O2. The Hall–Kier alpha value is -0.950. The van der Waals surface area contributed by atoms with Gasteiger partial charge in [-0.05, 0) is 51.6 Å². The Balaban J connectivity index is 1.95. The first-order valence-electron chi connectivity index (χ1n) is 11.9. The number of aromatic amines is 1. The van der Waals surface area contributed by atoms with E-state index in [9.17, 15) is 0 Å². The first-order chi connectivity index (χ1) is 14.3. The van der Waals surface area contributed by atoms with Gasteiger partial charge in [-0.25, -0.2) is 0 Å². The summed E-state index contributed by atoms with van der Waals surface area (Å²) < 4.78 is 12.2. The van der Waals surface area contributed by atoms with Crippen LogP contribution in [-0.2, 0) is 16.0 Å². The normalized spacial score (nSPS) is 17.5. The summed E-state index contributed by atoms with van der Waals surface area (Å²) in [5.74, 6) is 1.70. The Morgan fingerprint density at radius 1 is 1.13 bits per heavy atom. The van der Waals surface area contributed by atoms with Gasteiger partial charge in [0.1, 0.15) is 0 Å². The van der Waals surface area contributed by atoms with E-state index in [0.29, 0.717) is 17.8 Å². The van der Waals surface area contributed by atoms with Gasteiger partial charge in [-0.3, -0.25) is 5.10 Å². The van der Waals surface area contributed by atoms with Gasteiger partial charge >= 0.3 is 0 Å². The summed E-state index contributed by atoms with van der Waals surface area (Å²) in [5.41, 5.74) is 2.84. The van der Waals surface area contributed by atoms with Gasteiger partial charge in [-0.2, -0.15) is 5.10 Å². The summed E-state index contributed by atoms with van der Waals surface area (Å²) in [6, 6.07) is 0. The molecular weight excluding hydrogens is 376 g/mol. The van der Waals surface area contributed by atoms with Gasteiger partial charge in [0.05, 0.1) is 19.4 Å². The van der Waals surface area contributed by atoms with Gasteiger partial charge in [0.2, 0.25) is 0 Å². The van der Waals surface area contributed by atoms with Crippen molar-refractivity contribution in [3.63, 3.8) is 0 Å². The summed E-state index contributed by atoms with van der Waals surface area (Å²) in [6.45, 7) is 15.1. The molecule has 1 aromatic heterocycles. The van der Waals surface area contributed by atoms with Gasteiger partial charge in [0, 0.05) is 55.4 Å². The van der Waals surface area contributed by atoms with Crippen LogP contribution in [0.25, 0.3) is 0 Å². The van der Waals surface area contributed by atoms with E-state index in [2.05, 4.69) is 55.2 Å². The van der Waals surface area contributed by atoms with Crippen LogP contribution in [0.15, 0.2) is 6.20 Å². The zero-order chi connectivity index (χ0) is 22.0. The van der Waals surface area contributed by atoms with Gasteiger partial charge < -0.3 is 19.7 Å². The van der Waals surface area contributed by atoms with Crippen molar-refractivity contribution in [1.82, 2.24) is 20.4 Å². The lowest BCUT2D eigenvalue weighted by atomic mass is 9.70. The second-order valence-corrected chi connectivity index (χ2v) is 10.2. The molecule has 1 heterocycles. The maximum absolute atomic E-state index is 6.12. The van der Waals surface area contributed by atoms with Crippen LogP contribution < -0.4 is 5.32 Å². The molecule has 2 rings (SSSR count). The van der Waals surface area contributed by atoms with Crippen LogP contribution in [0.1, 0.15) is 70.6 Å². The van der Waals surface area contributed by atoms with E-state index in [1.54, 1.807) is 0 Å². The summed E-state index contributed by atoms with van der Waals surface area (Å²) in [5, 5.41) is 10.9. The van der Waals surface area contributed by atoms with Crippen LogP contribution in [0, 0.1) is 17.3 Å². The van der Waals surface area contributed by atoms with Crippen molar-refractivity contribution in [1.29, 1.82) is 0 Å². The van der Waals surface area contributed by atoms with Gasteiger partial charge in [0.15, 0.2) is 0 Å². The summed E-state index contributed by atoms with van der Waals surface area (Å²) in [7, 11) is 4.18. The van der Waals surface area contributed by atoms with E-state index in [0.717, 1.165) is 58.9 Å². The molecule has 0 bridgehead atoms. The molecule has 0 amide bonds. The Morgan fingerprint density at radius 2 is 1.73 bits per heavy atom. The van der Waals surface area contributed by atoms with Crippen LogP contribution in [0.3, 0.4) is 0 Å². The second kappa shape index (κ2) is 12.8. The maximum Gasteiger partial charge on any atom is 0.0544 e. The lowest BCUT2D eigenvalue weighted by Crippen LogP contribution is -2.37. The van der Waals surface area contributed by atoms with E-state index >= 15 is 0 Å². The standard InChI is InChI=1S/C24H46N4O2/c1-19(2)15-29-17-24(18-30-16-20(3)4)9-7-21(8-10-24)23-22(13-26-27-23)14-28(6)12-11-25-5/h13,19-21,25H,7-12,14-18H2,1-6H3,(H,26,27). The van der Waals surface area contributed by atoms with Gasteiger partial charge in [0.25, 0.3) is 0 Å². The number of hydrogen-bond donors (Lipinski definition) is 2. The Labute approximate surface area is 184 Å². The number of H-pyrrole nitrogens is 1. The van der Waals surface area contributed by atoms with Crippen molar-refractivity contribution in [2.45, 2.75) is 65.8 Å². The molecule has 0 unspecified atom stereocenters. The minimum absolute atomic E-state index is 0.157. The molecule has 0 saturated heterocycles. The van der Waals surface area contributed by atoms with Crippen LogP contribution >= 0.6 is 0 Å². The van der Waals surface area contributed by atoms with Crippen molar-refractivity contribution in [2.75, 3.05) is 53.6 Å². The number of nitrogens with zero attached hydrogens (tertiary/aromatic N) is 2. The molecule has 1 fully saturated rings. The third kappa shape index (κ3) is 8.29. The smallest absolute Gasteiger partial charge is 0.0544 e. The Morgan fingerprint density at radius 3 is 2.27 bits per heavy atom. The van der Waals surface area contributed by atoms with Crippen LogP contribution in [-0.4, -0.2) is 68.7 Å². The molecule has 0 atom stereocenters. The minimum atomic E-state index is 0.157. The molecule has 1 aliphatic carbocycles. The van der Waals surface area contributed by atoms with Crippen molar-refractivity contribution in [3.8, 4) is 0 Å². The van der Waals surface area contributed by atoms with Crippen LogP contribution in [0.4, 0.5) is 0 Å². The molecule has 0 radical (unpaired) electrons. The number of likely N-dealkylation sites (N-methyl/N-ethyl adjacent to an activating group) is 2. The van der Waals surface area contributed by atoms with Gasteiger partial charge in [-0.1, -0.05) is 27.7 Å². The monoisotopic (exact) mass is 422 g/mol. The summed E-state index contributed by atoms with van der Waals surface area (Å²) in [6.07, 6.45) is 6.67. The third-order valence-electron chi connectivity index (χ3n) is 6.11. The number of rotatable bonds is 14. The molecule has 0 spiro atoms. The quantitative estimate of drug-likeness (QED) is 0.474.